The summed E-state index contributed by atoms with van der Waals surface area (Å²) in [5, 5.41) is 8.97. The van der Waals surface area contributed by atoms with Crippen molar-refractivity contribution in [3.8, 4) is 0 Å². The van der Waals surface area contributed by atoms with Crippen LogP contribution in [0, 0.1) is 0 Å². The van der Waals surface area contributed by atoms with Crippen molar-refractivity contribution in [2.45, 2.75) is 19.4 Å². The maximum absolute atomic E-state index is 8.97. The smallest absolute Gasteiger partial charge is 0.0610 e. The van der Waals surface area contributed by atoms with Crippen LogP contribution >= 0.6 is 11.6 Å². The molecule has 0 rings (SSSR count). The molecule has 0 saturated carbocycles. The summed E-state index contributed by atoms with van der Waals surface area (Å²) in [4.78, 5) is 2.03. The van der Waals surface area contributed by atoms with E-state index in [2.05, 4.69) is 0 Å². The molecule has 0 radical (unpaired) electrons. The molecule has 2 nitrogen and oxygen atoms in total. The number of hydrogen-bond acceptors (Lipinski definition) is 2. The molecule has 0 aliphatic rings. The van der Waals surface area contributed by atoms with Gasteiger partial charge in [-0.1, -0.05) is 17.7 Å². The van der Waals surface area contributed by atoms with E-state index in [1.165, 1.54) is 5.54 Å². The normalized spacial score (nSPS) is 13.3. The van der Waals surface area contributed by atoms with E-state index < -0.39 is 0 Å². The Morgan fingerprint density at radius 3 is 2.45 bits per heavy atom. The zero-order chi connectivity index (χ0) is 8.91. The van der Waals surface area contributed by atoms with Crippen LogP contribution in [0.4, 0.5) is 0 Å². The first-order valence-corrected chi connectivity index (χ1v) is 4.05. The highest BCUT2D eigenvalue weighted by molar-refractivity contribution is 6.25. The molecule has 0 aromatic carbocycles. The van der Waals surface area contributed by atoms with Crippen LogP contribution in [0.2, 0.25) is 0 Å². The molecule has 0 aliphatic heterocycles. The molecule has 0 saturated heterocycles. The molecule has 66 valence electrons. The first kappa shape index (κ1) is 11.0. The SMILES string of the molecule is CN(C/C=C/Cl)C(C)(C)CO. The van der Waals surface area contributed by atoms with Gasteiger partial charge in [0.05, 0.1) is 6.61 Å². The predicted molar refractivity (Wildman–Crippen MR) is 48.8 cm³/mol. The Morgan fingerprint density at radius 2 is 2.09 bits per heavy atom. The third-order valence-corrected chi connectivity index (χ3v) is 2.07. The van der Waals surface area contributed by atoms with Crippen molar-refractivity contribution in [1.82, 2.24) is 4.90 Å². The minimum atomic E-state index is -0.170. The van der Waals surface area contributed by atoms with Crippen molar-refractivity contribution < 1.29 is 5.11 Å². The Labute approximate surface area is 73.5 Å². The van der Waals surface area contributed by atoms with Gasteiger partial charge in [0.25, 0.3) is 0 Å². The fraction of sp³-hybridized carbons (Fsp3) is 0.750. The molecule has 0 amide bonds. The fourth-order valence-electron chi connectivity index (χ4n) is 0.566. The lowest BCUT2D eigenvalue weighted by Crippen LogP contribution is -2.44. The Balaban J connectivity index is 3.90. The molecule has 11 heavy (non-hydrogen) atoms. The molecule has 0 atom stereocenters. The lowest BCUT2D eigenvalue weighted by Gasteiger charge is -2.32. The lowest BCUT2D eigenvalue weighted by atomic mass is 10.1. The number of rotatable bonds is 4. The number of aliphatic hydroxyl groups excluding tert-OH is 1. The zero-order valence-corrected chi connectivity index (χ0v) is 8.10. The van der Waals surface area contributed by atoms with E-state index in [1.54, 1.807) is 0 Å². The number of nitrogens with zero attached hydrogens (tertiary/aromatic N) is 1. The van der Waals surface area contributed by atoms with Crippen molar-refractivity contribution in [1.29, 1.82) is 0 Å². The van der Waals surface area contributed by atoms with Gasteiger partial charge < -0.3 is 5.11 Å². The highest BCUT2D eigenvalue weighted by atomic mass is 35.5. The lowest BCUT2D eigenvalue weighted by molar-refractivity contribution is 0.0886. The minimum absolute atomic E-state index is 0.152. The zero-order valence-electron chi connectivity index (χ0n) is 7.34. The van der Waals surface area contributed by atoms with Gasteiger partial charge >= 0.3 is 0 Å². The van der Waals surface area contributed by atoms with Crippen LogP contribution in [0.1, 0.15) is 13.8 Å². The van der Waals surface area contributed by atoms with E-state index in [1.807, 2.05) is 31.9 Å². The van der Waals surface area contributed by atoms with Crippen LogP contribution in [0.5, 0.6) is 0 Å². The van der Waals surface area contributed by atoms with Crippen molar-refractivity contribution in [3.63, 3.8) is 0 Å². The summed E-state index contributed by atoms with van der Waals surface area (Å²) in [5.74, 6) is 0. The third-order valence-electron chi connectivity index (χ3n) is 1.89. The molecular weight excluding hydrogens is 162 g/mol. The van der Waals surface area contributed by atoms with Crippen molar-refractivity contribution >= 4 is 11.6 Å². The van der Waals surface area contributed by atoms with Gasteiger partial charge in [0.1, 0.15) is 0 Å². The number of hydrogen-bond donors (Lipinski definition) is 1. The fourth-order valence-corrected chi connectivity index (χ4v) is 0.645. The topological polar surface area (TPSA) is 23.5 Å². The van der Waals surface area contributed by atoms with Crippen LogP contribution < -0.4 is 0 Å². The van der Waals surface area contributed by atoms with Gasteiger partial charge in [-0.2, -0.15) is 0 Å². The first-order chi connectivity index (χ1) is 5.04. The Hall–Kier alpha value is -0.0500. The predicted octanol–water partition coefficient (Wildman–Crippen LogP) is 1.44. The van der Waals surface area contributed by atoms with E-state index in [0.29, 0.717) is 0 Å². The van der Waals surface area contributed by atoms with Crippen molar-refractivity contribution in [3.05, 3.63) is 11.6 Å². The Kier molecular flexibility index (Phi) is 4.73. The van der Waals surface area contributed by atoms with E-state index in [9.17, 15) is 0 Å². The number of likely N-dealkylation sites (N-methyl/N-ethyl adjacent to an activating group) is 1. The van der Waals surface area contributed by atoms with E-state index in [-0.39, 0.29) is 12.1 Å². The van der Waals surface area contributed by atoms with Crippen LogP contribution in [0.15, 0.2) is 11.6 Å². The number of halogens is 1. The summed E-state index contributed by atoms with van der Waals surface area (Å²) >= 11 is 5.37. The second-order valence-electron chi connectivity index (χ2n) is 3.21. The van der Waals surface area contributed by atoms with Crippen LogP contribution in [-0.4, -0.2) is 35.7 Å². The molecule has 0 fully saturated rings. The molecule has 0 spiro atoms. The van der Waals surface area contributed by atoms with Gasteiger partial charge in [0.15, 0.2) is 0 Å². The molecular formula is C8H16ClNO. The van der Waals surface area contributed by atoms with Gasteiger partial charge in [-0.15, -0.1) is 0 Å². The van der Waals surface area contributed by atoms with Crippen LogP contribution in [-0.2, 0) is 0 Å². The van der Waals surface area contributed by atoms with Gasteiger partial charge in [0, 0.05) is 17.6 Å². The van der Waals surface area contributed by atoms with Crippen molar-refractivity contribution in [2.24, 2.45) is 0 Å². The standard InChI is InChI=1S/C8H16ClNO/c1-8(2,7-11)10(3)6-4-5-9/h4-5,11H,6-7H2,1-3H3/b5-4+. The van der Waals surface area contributed by atoms with Crippen LogP contribution in [0.25, 0.3) is 0 Å². The molecule has 0 bridgehead atoms. The molecule has 1 N–H and O–H groups in total. The average Bonchev–Trinajstić information content (AvgIpc) is 2.00. The summed E-state index contributed by atoms with van der Waals surface area (Å²) in [6.45, 7) is 4.88. The van der Waals surface area contributed by atoms with Gasteiger partial charge in [-0.25, -0.2) is 0 Å². The van der Waals surface area contributed by atoms with E-state index in [4.69, 9.17) is 16.7 Å². The van der Waals surface area contributed by atoms with Gasteiger partial charge in [0.2, 0.25) is 0 Å². The summed E-state index contributed by atoms with van der Waals surface area (Å²) in [6, 6.07) is 0. The highest BCUT2D eigenvalue weighted by Gasteiger charge is 2.20. The maximum Gasteiger partial charge on any atom is 0.0610 e. The van der Waals surface area contributed by atoms with E-state index in [0.717, 1.165) is 6.54 Å². The number of aliphatic hydroxyl groups is 1. The van der Waals surface area contributed by atoms with E-state index >= 15 is 0 Å². The molecule has 0 aromatic rings. The summed E-state index contributed by atoms with van der Waals surface area (Å²) < 4.78 is 0. The average molecular weight is 178 g/mol. The largest absolute Gasteiger partial charge is 0.394 e. The summed E-state index contributed by atoms with van der Waals surface area (Å²) in [7, 11) is 1.95. The van der Waals surface area contributed by atoms with Crippen LogP contribution in [0.3, 0.4) is 0 Å². The molecule has 0 aromatic heterocycles. The molecule has 0 aliphatic carbocycles. The molecule has 0 heterocycles. The first-order valence-electron chi connectivity index (χ1n) is 3.62. The summed E-state index contributed by atoms with van der Waals surface area (Å²) in [5.41, 5.74) is 1.32. The molecule has 3 heteroatoms. The quantitative estimate of drug-likeness (QED) is 0.703. The summed E-state index contributed by atoms with van der Waals surface area (Å²) in [6.07, 6.45) is 1.85. The molecule has 0 unspecified atom stereocenters. The van der Waals surface area contributed by atoms with Crippen molar-refractivity contribution in [2.75, 3.05) is 20.2 Å². The van der Waals surface area contributed by atoms with Gasteiger partial charge in [-0.05, 0) is 20.9 Å². The monoisotopic (exact) mass is 177 g/mol. The maximum atomic E-state index is 8.97. The second-order valence-corrected chi connectivity index (χ2v) is 3.46. The highest BCUT2D eigenvalue weighted by Crippen LogP contribution is 2.10. The minimum Gasteiger partial charge on any atom is -0.394 e. The Morgan fingerprint density at radius 1 is 1.55 bits per heavy atom. The second kappa shape index (κ2) is 4.75. The Bertz CT molecular complexity index is 134. The van der Waals surface area contributed by atoms with Gasteiger partial charge in [-0.3, -0.25) is 4.90 Å². The third kappa shape index (κ3) is 3.75.